The van der Waals surface area contributed by atoms with Crippen LogP contribution in [0.2, 0.25) is 0 Å². The van der Waals surface area contributed by atoms with Crippen molar-refractivity contribution in [3.05, 3.63) is 65.5 Å². The van der Waals surface area contributed by atoms with Gasteiger partial charge in [-0.2, -0.15) is 0 Å². The van der Waals surface area contributed by atoms with Crippen LogP contribution in [0.1, 0.15) is 15.9 Å². The van der Waals surface area contributed by atoms with Crippen molar-refractivity contribution in [3.8, 4) is 11.5 Å². The monoisotopic (exact) mass is 286 g/mol. The highest BCUT2D eigenvalue weighted by Crippen LogP contribution is 2.28. The second-order valence-electron chi connectivity index (χ2n) is 4.32. The summed E-state index contributed by atoms with van der Waals surface area (Å²) in [7, 11) is 3.11. The Morgan fingerprint density at radius 3 is 2.29 bits per heavy atom. The molecule has 108 valence electrons. The molecule has 21 heavy (non-hydrogen) atoms. The molecular weight excluding hydrogens is 271 g/mol. The van der Waals surface area contributed by atoms with Crippen LogP contribution in [0.25, 0.3) is 6.08 Å². The molecule has 0 spiro atoms. The second kappa shape index (κ2) is 6.70. The third-order valence-electron chi connectivity index (χ3n) is 2.96. The zero-order valence-electron chi connectivity index (χ0n) is 11.8. The molecule has 2 aromatic rings. The molecule has 2 aromatic carbocycles. The summed E-state index contributed by atoms with van der Waals surface area (Å²) in [5, 5.41) is 0. The molecule has 3 nitrogen and oxygen atoms in total. The lowest BCUT2D eigenvalue weighted by Crippen LogP contribution is -1.94. The Labute approximate surface area is 122 Å². The lowest BCUT2D eigenvalue weighted by Gasteiger charge is -2.07. The summed E-state index contributed by atoms with van der Waals surface area (Å²) in [6.45, 7) is 0. The van der Waals surface area contributed by atoms with E-state index >= 15 is 0 Å². The predicted octanol–water partition coefficient (Wildman–Crippen LogP) is 3.74. The van der Waals surface area contributed by atoms with Gasteiger partial charge >= 0.3 is 0 Å². The number of hydrogen-bond donors (Lipinski definition) is 0. The molecule has 0 aliphatic carbocycles. The van der Waals surface area contributed by atoms with E-state index in [4.69, 9.17) is 9.47 Å². The highest BCUT2D eigenvalue weighted by molar-refractivity contribution is 6.06. The van der Waals surface area contributed by atoms with Gasteiger partial charge in [-0.15, -0.1) is 0 Å². The van der Waals surface area contributed by atoms with E-state index in [-0.39, 0.29) is 11.6 Å². The molecule has 0 heterocycles. The number of carbonyl (C=O) groups is 1. The molecule has 0 saturated carbocycles. The second-order valence-corrected chi connectivity index (χ2v) is 4.32. The normalized spacial score (nSPS) is 10.6. The third kappa shape index (κ3) is 3.69. The molecular formula is C17H15FO3. The summed E-state index contributed by atoms with van der Waals surface area (Å²) in [6, 6.07) is 10.8. The van der Waals surface area contributed by atoms with Crippen molar-refractivity contribution in [1.29, 1.82) is 0 Å². The van der Waals surface area contributed by atoms with Crippen molar-refractivity contribution in [2.24, 2.45) is 0 Å². The van der Waals surface area contributed by atoms with Crippen LogP contribution in [-0.4, -0.2) is 20.0 Å². The first-order chi connectivity index (χ1) is 10.1. The highest BCUT2D eigenvalue weighted by Gasteiger charge is 2.04. The fraction of sp³-hybridized carbons (Fsp3) is 0.118. The van der Waals surface area contributed by atoms with E-state index in [1.54, 1.807) is 32.4 Å². The summed E-state index contributed by atoms with van der Waals surface area (Å²) in [5.41, 5.74) is 1.25. The van der Waals surface area contributed by atoms with Crippen LogP contribution in [0.15, 0.2) is 48.5 Å². The summed E-state index contributed by atoms with van der Waals surface area (Å²) in [6.07, 6.45) is 3.11. The van der Waals surface area contributed by atoms with Crippen molar-refractivity contribution >= 4 is 11.9 Å². The zero-order valence-corrected chi connectivity index (χ0v) is 11.8. The van der Waals surface area contributed by atoms with E-state index in [1.807, 2.05) is 6.07 Å². The van der Waals surface area contributed by atoms with Crippen LogP contribution in [0.3, 0.4) is 0 Å². The van der Waals surface area contributed by atoms with Crippen molar-refractivity contribution in [3.63, 3.8) is 0 Å². The Hall–Kier alpha value is -2.62. The number of ether oxygens (including phenoxy) is 2. The SMILES string of the molecule is COc1ccc(/C=C/C(=O)c2ccc(F)cc2)cc1OC. The molecule has 4 heteroatoms. The number of ketones is 1. The van der Waals surface area contributed by atoms with Crippen LogP contribution in [0.4, 0.5) is 4.39 Å². The van der Waals surface area contributed by atoms with E-state index in [0.29, 0.717) is 17.1 Å². The predicted molar refractivity (Wildman–Crippen MR) is 79.3 cm³/mol. The van der Waals surface area contributed by atoms with E-state index < -0.39 is 0 Å². The Kier molecular flexibility index (Phi) is 4.72. The number of allylic oxidation sites excluding steroid dienone is 1. The first-order valence-electron chi connectivity index (χ1n) is 6.34. The fourth-order valence-corrected chi connectivity index (χ4v) is 1.84. The number of hydrogen-bond acceptors (Lipinski definition) is 3. The van der Waals surface area contributed by atoms with Crippen molar-refractivity contribution in [2.75, 3.05) is 14.2 Å². The molecule has 0 bridgehead atoms. The molecule has 0 amide bonds. The van der Waals surface area contributed by atoms with Gasteiger partial charge < -0.3 is 9.47 Å². The molecule has 0 fully saturated rings. The number of benzene rings is 2. The Morgan fingerprint density at radius 1 is 1.00 bits per heavy atom. The Balaban J connectivity index is 2.17. The minimum atomic E-state index is -0.365. The topological polar surface area (TPSA) is 35.5 Å². The van der Waals surface area contributed by atoms with Crippen molar-refractivity contribution < 1.29 is 18.7 Å². The molecule has 0 saturated heterocycles. The van der Waals surface area contributed by atoms with Crippen LogP contribution in [0, 0.1) is 5.82 Å². The maximum Gasteiger partial charge on any atom is 0.185 e. The minimum absolute atomic E-state index is 0.190. The first-order valence-corrected chi connectivity index (χ1v) is 6.34. The number of halogens is 1. The van der Waals surface area contributed by atoms with Crippen LogP contribution < -0.4 is 9.47 Å². The molecule has 0 aliphatic rings. The first kappa shape index (κ1) is 14.8. The quantitative estimate of drug-likeness (QED) is 0.620. The third-order valence-corrected chi connectivity index (χ3v) is 2.96. The zero-order chi connectivity index (χ0) is 15.2. The fourth-order valence-electron chi connectivity index (χ4n) is 1.84. The molecule has 2 rings (SSSR count). The average Bonchev–Trinajstić information content (AvgIpc) is 2.52. The van der Waals surface area contributed by atoms with E-state index in [9.17, 15) is 9.18 Å². The van der Waals surface area contributed by atoms with E-state index in [0.717, 1.165) is 5.56 Å². The van der Waals surface area contributed by atoms with Gasteiger partial charge in [0.15, 0.2) is 17.3 Å². The summed E-state index contributed by atoms with van der Waals surface area (Å²) >= 11 is 0. The van der Waals surface area contributed by atoms with Crippen LogP contribution >= 0.6 is 0 Å². The Bertz CT molecular complexity index is 660. The van der Waals surface area contributed by atoms with E-state index in [1.165, 1.54) is 30.3 Å². The molecule has 0 atom stereocenters. The van der Waals surface area contributed by atoms with Gasteiger partial charge in [0.25, 0.3) is 0 Å². The van der Waals surface area contributed by atoms with Gasteiger partial charge in [0, 0.05) is 5.56 Å². The smallest absolute Gasteiger partial charge is 0.185 e. The van der Waals surface area contributed by atoms with Crippen LogP contribution in [0.5, 0.6) is 11.5 Å². The summed E-state index contributed by atoms with van der Waals surface area (Å²) < 4.78 is 23.1. The molecule has 0 aromatic heterocycles. The maximum atomic E-state index is 12.8. The average molecular weight is 286 g/mol. The lowest BCUT2D eigenvalue weighted by atomic mass is 10.1. The maximum absolute atomic E-state index is 12.8. The van der Waals surface area contributed by atoms with Crippen molar-refractivity contribution in [1.82, 2.24) is 0 Å². The lowest BCUT2D eigenvalue weighted by molar-refractivity contribution is 0.104. The van der Waals surface area contributed by atoms with Gasteiger partial charge in [-0.1, -0.05) is 12.1 Å². The van der Waals surface area contributed by atoms with Gasteiger partial charge in [0.1, 0.15) is 5.82 Å². The Morgan fingerprint density at radius 2 is 1.67 bits per heavy atom. The van der Waals surface area contributed by atoms with Gasteiger partial charge in [-0.3, -0.25) is 4.79 Å². The number of rotatable bonds is 5. The van der Waals surface area contributed by atoms with Crippen LogP contribution in [-0.2, 0) is 0 Å². The summed E-state index contributed by atoms with van der Waals surface area (Å²) in [4.78, 5) is 11.9. The molecule has 0 unspecified atom stereocenters. The standard InChI is InChI=1S/C17H15FO3/c1-20-16-10-4-12(11-17(16)21-2)3-9-15(19)13-5-7-14(18)8-6-13/h3-11H,1-2H3/b9-3+. The van der Waals surface area contributed by atoms with Gasteiger partial charge in [-0.25, -0.2) is 4.39 Å². The number of methoxy groups -OCH3 is 2. The van der Waals surface area contributed by atoms with E-state index in [2.05, 4.69) is 0 Å². The van der Waals surface area contributed by atoms with Crippen molar-refractivity contribution in [2.45, 2.75) is 0 Å². The molecule has 0 aliphatic heterocycles. The summed E-state index contributed by atoms with van der Waals surface area (Å²) in [5.74, 6) is 0.661. The van der Waals surface area contributed by atoms with Gasteiger partial charge in [-0.05, 0) is 48.0 Å². The van der Waals surface area contributed by atoms with Gasteiger partial charge in [0.05, 0.1) is 14.2 Å². The largest absolute Gasteiger partial charge is 0.493 e. The molecule has 0 radical (unpaired) electrons. The molecule has 0 N–H and O–H groups in total. The minimum Gasteiger partial charge on any atom is -0.493 e. The number of carbonyl (C=O) groups excluding carboxylic acids is 1. The van der Waals surface area contributed by atoms with Gasteiger partial charge in [0.2, 0.25) is 0 Å². The highest BCUT2D eigenvalue weighted by atomic mass is 19.1.